The molecule has 0 aliphatic rings. The van der Waals surface area contributed by atoms with Crippen LogP contribution in [-0.2, 0) is 25.5 Å². The van der Waals surface area contributed by atoms with E-state index in [-0.39, 0.29) is 18.1 Å². The van der Waals surface area contributed by atoms with Crippen LogP contribution in [0, 0.1) is 0 Å². The van der Waals surface area contributed by atoms with Crippen LogP contribution in [0.3, 0.4) is 0 Å². The van der Waals surface area contributed by atoms with Crippen LogP contribution in [0.25, 0.3) is 0 Å². The van der Waals surface area contributed by atoms with Crippen molar-refractivity contribution >= 4 is 11.9 Å². The highest BCUT2D eigenvalue weighted by atomic mass is 16.6. The zero-order valence-electron chi connectivity index (χ0n) is 18.3. The van der Waals surface area contributed by atoms with Gasteiger partial charge in [-0.3, -0.25) is 4.79 Å². The van der Waals surface area contributed by atoms with E-state index >= 15 is 0 Å². The average Bonchev–Trinajstić information content (AvgIpc) is 2.55. The number of ether oxygens (including phenoxy) is 3. The van der Waals surface area contributed by atoms with Gasteiger partial charge in [0, 0.05) is 13.0 Å². The molecule has 0 aromatic heterocycles. The smallest absolute Gasteiger partial charge is 0.335 e. The molecule has 6 heteroatoms. The molecular formula is C22H35NO5. The molecule has 1 amide bonds. The highest BCUT2D eigenvalue weighted by Crippen LogP contribution is 2.19. The number of rotatable bonds is 9. The van der Waals surface area contributed by atoms with Crippen molar-refractivity contribution in [3.05, 3.63) is 29.8 Å². The molecule has 1 aromatic carbocycles. The van der Waals surface area contributed by atoms with Crippen LogP contribution < -0.4 is 10.1 Å². The maximum Gasteiger partial charge on any atom is 0.335 e. The molecule has 0 radical (unpaired) electrons. The summed E-state index contributed by atoms with van der Waals surface area (Å²) in [5, 5.41) is 2.80. The van der Waals surface area contributed by atoms with Gasteiger partial charge in [-0.15, -0.1) is 0 Å². The van der Waals surface area contributed by atoms with Gasteiger partial charge in [0.05, 0.1) is 6.61 Å². The minimum atomic E-state index is -0.662. The lowest BCUT2D eigenvalue weighted by molar-refractivity contribution is -0.167. The zero-order valence-corrected chi connectivity index (χ0v) is 18.3. The average molecular weight is 394 g/mol. The highest BCUT2D eigenvalue weighted by Gasteiger charge is 2.22. The Bertz CT molecular complexity index is 626. The summed E-state index contributed by atoms with van der Waals surface area (Å²) < 4.78 is 16.4. The van der Waals surface area contributed by atoms with E-state index in [1.807, 2.05) is 65.8 Å². The lowest BCUT2D eigenvalue weighted by Gasteiger charge is -2.22. The number of hydrogen-bond acceptors (Lipinski definition) is 5. The van der Waals surface area contributed by atoms with E-state index in [1.165, 1.54) is 0 Å². The zero-order chi connectivity index (χ0) is 21.4. The second-order valence-corrected chi connectivity index (χ2v) is 8.75. The number of esters is 1. The molecule has 1 unspecified atom stereocenters. The maximum atomic E-state index is 12.0. The van der Waals surface area contributed by atoms with Gasteiger partial charge in [-0.2, -0.15) is 0 Å². The molecule has 0 saturated carbocycles. The molecule has 0 heterocycles. The molecule has 1 aromatic rings. The van der Waals surface area contributed by atoms with Crippen molar-refractivity contribution in [2.45, 2.75) is 78.6 Å². The molecule has 6 nitrogen and oxygen atoms in total. The van der Waals surface area contributed by atoms with Gasteiger partial charge in [0.1, 0.15) is 17.0 Å². The fourth-order valence-electron chi connectivity index (χ4n) is 2.30. The van der Waals surface area contributed by atoms with E-state index in [2.05, 4.69) is 5.32 Å². The van der Waals surface area contributed by atoms with Crippen LogP contribution in [0.2, 0.25) is 0 Å². The molecule has 0 aliphatic heterocycles. The lowest BCUT2D eigenvalue weighted by atomic mass is 10.1. The Morgan fingerprint density at radius 1 is 1.00 bits per heavy atom. The molecule has 0 spiro atoms. The first-order chi connectivity index (χ1) is 12.9. The fraction of sp³-hybridized carbons (Fsp3) is 0.636. The van der Waals surface area contributed by atoms with Gasteiger partial charge in [-0.25, -0.2) is 4.79 Å². The van der Waals surface area contributed by atoms with E-state index in [1.54, 1.807) is 6.92 Å². The monoisotopic (exact) mass is 393 g/mol. The molecule has 28 heavy (non-hydrogen) atoms. The Kier molecular flexibility index (Phi) is 8.95. The predicted octanol–water partition coefficient (Wildman–Crippen LogP) is 3.66. The minimum absolute atomic E-state index is 0.0523. The fourth-order valence-corrected chi connectivity index (χ4v) is 2.30. The third kappa shape index (κ3) is 10.9. The van der Waals surface area contributed by atoms with Crippen LogP contribution >= 0.6 is 0 Å². The largest absolute Gasteiger partial charge is 0.488 e. The molecule has 0 bridgehead atoms. The predicted molar refractivity (Wildman–Crippen MR) is 109 cm³/mol. The number of hydrogen-bond donors (Lipinski definition) is 1. The second kappa shape index (κ2) is 10.5. The van der Waals surface area contributed by atoms with E-state index in [0.29, 0.717) is 19.4 Å². The minimum Gasteiger partial charge on any atom is -0.488 e. The van der Waals surface area contributed by atoms with Crippen molar-refractivity contribution in [3.63, 3.8) is 0 Å². The molecule has 0 saturated heterocycles. The quantitative estimate of drug-likeness (QED) is 0.512. The summed E-state index contributed by atoms with van der Waals surface area (Å²) in [6.07, 6.45) is 0.378. The van der Waals surface area contributed by atoms with Crippen LogP contribution in [0.15, 0.2) is 24.3 Å². The Labute approximate surface area is 168 Å². The molecule has 1 rings (SSSR count). The maximum absolute atomic E-state index is 12.0. The van der Waals surface area contributed by atoms with Crippen LogP contribution in [0.1, 0.15) is 60.5 Å². The highest BCUT2D eigenvalue weighted by molar-refractivity contribution is 5.76. The van der Waals surface area contributed by atoms with E-state index < -0.39 is 17.7 Å². The van der Waals surface area contributed by atoms with E-state index in [0.717, 1.165) is 11.3 Å². The molecule has 0 aliphatic carbocycles. The molecule has 1 N–H and O–H groups in total. The summed E-state index contributed by atoms with van der Waals surface area (Å²) in [6.45, 7) is 13.7. The first kappa shape index (κ1) is 24.0. The van der Waals surface area contributed by atoms with Crippen molar-refractivity contribution in [1.29, 1.82) is 0 Å². The number of nitrogens with one attached hydrogen (secondary N) is 1. The summed E-state index contributed by atoms with van der Waals surface area (Å²) >= 11 is 0. The van der Waals surface area contributed by atoms with Gasteiger partial charge in [0.15, 0.2) is 6.10 Å². The van der Waals surface area contributed by atoms with Crippen molar-refractivity contribution in [3.8, 4) is 5.75 Å². The number of aryl methyl sites for hydroxylation is 1. The first-order valence-corrected chi connectivity index (χ1v) is 9.75. The third-order valence-electron chi connectivity index (χ3n) is 3.52. The molecule has 158 valence electrons. The lowest BCUT2D eigenvalue weighted by Crippen LogP contribution is -2.34. The summed E-state index contributed by atoms with van der Waals surface area (Å²) in [5.41, 5.74) is 0.302. The Balaban J connectivity index is 2.24. The summed E-state index contributed by atoms with van der Waals surface area (Å²) in [5.74, 6) is 0.359. The third-order valence-corrected chi connectivity index (χ3v) is 3.52. The second-order valence-electron chi connectivity index (χ2n) is 8.75. The van der Waals surface area contributed by atoms with Crippen LogP contribution in [0.4, 0.5) is 0 Å². The normalized spacial score (nSPS) is 13.0. The van der Waals surface area contributed by atoms with E-state index in [4.69, 9.17) is 14.2 Å². The SMILES string of the molecule is CC(OCCNC(=O)CCc1ccc(OC(C)(C)C)cc1)C(=O)OC(C)(C)C. The van der Waals surface area contributed by atoms with Crippen molar-refractivity contribution in [1.82, 2.24) is 5.32 Å². The van der Waals surface area contributed by atoms with Crippen molar-refractivity contribution in [2.24, 2.45) is 0 Å². The number of benzene rings is 1. The standard InChI is InChI=1S/C22H35NO5/c1-16(20(25)28-22(5,6)7)26-15-14-23-19(24)13-10-17-8-11-18(12-9-17)27-21(2,3)4/h8-9,11-12,16H,10,13-15H2,1-7H3,(H,23,24). The Morgan fingerprint density at radius 3 is 2.14 bits per heavy atom. The molecule has 1 atom stereocenters. The van der Waals surface area contributed by atoms with Crippen molar-refractivity contribution < 1.29 is 23.8 Å². The Morgan fingerprint density at radius 2 is 1.61 bits per heavy atom. The van der Waals surface area contributed by atoms with Gasteiger partial charge in [0.25, 0.3) is 0 Å². The van der Waals surface area contributed by atoms with Crippen molar-refractivity contribution in [2.75, 3.05) is 13.2 Å². The molecule has 0 fully saturated rings. The van der Waals surface area contributed by atoms with Gasteiger partial charge >= 0.3 is 5.97 Å². The number of carbonyl (C=O) groups excluding carboxylic acids is 2. The summed E-state index contributed by atoms with van der Waals surface area (Å²) in [6, 6.07) is 7.79. The van der Waals surface area contributed by atoms with E-state index in [9.17, 15) is 9.59 Å². The van der Waals surface area contributed by atoms with Gasteiger partial charge in [-0.05, 0) is 72.6 Å². The Hall–Kier alpha value is -2.08. The summed E-state index contributed by atoms with van der Waals surface area (Å²) in [4.78, 5) is 23.8. The number of carbonyl (C=O) groups is 2. The number of amides is 1. The van der Waals surface area contributed by atoms with Crippen LogP contribution in [0.5, 0.6) is 5.75 Å². The van der Waals surface area contributed by atoms with Gasteiger partial charge < -0.3 is 19.5 Å². The molecular weight excluding hydrogens is 358 g/mol. The van der Waals surface area contributed by atoms with Gasteiger partial charge in [-0.1, -0.05) is 12.1 Å². The topological polar surface area (TPSA) is 73.9 Å². The van der Waals surface area contributed by atoms with Crippen LogP contribution in [-0.4, -0.2) is 42.3 Å². The summed E-state index contributed by atoms with van der Waals surface area (Å²) in [7, 11) is 0. The van der Waals surface area contributed by atoms with Gasteiger partial charge in [0.2, 0.25) is 5.91 Å². The first-order valence-electron chi connectivity index (χ1n) is 9.75.